The van der Waals surface area contributed by atoms with Crippen LogP contribution in [-0.4, -0.2) is 13.3 Å². The van der Waals surface area contributed by atoms with Gasteiger partial charge in [-0.15, -0.1) is 0 Å². The van der Waals surface area contributed by atoms with Crippen LogP contribution in [0.15, 0.2) is 188 Å². The Kier molecular flexibility index (Phi) is 8.14. The van der Waals surface area contributed by atoms with Crippen LogP contribution in [0.2, 0.25) is 17.3 Å². The van der Waals surface area contributed by atoms with Crippen molar-refractivity contribution in [3.8, 4) is 55.6 Å². The summed E-state index contributed by atoms with van der Waals surface area (Å²) >= 11 is -2.27. The Morgan fingerprint density at radius 1 is 0.288 bits per heavy atom. The molecular weight excluding hydrogens is 685 g/mol. The normalized spacial score (nSPS) is 11.8. The van der Waals surface area contributed by atoms with Gasteiger partial charge in [-0.3, -0.25) is 0 Å². The maximum absolute atomic E-state index is 2.57. The number of hydrogen-bond donors (Lipinski definition) is 0. The van der Waals surface area contributed by atoms with Crippen LogP contribution in [0.3, 0.4) is 0 Å². The van der Waals surface area contributed by atoms with Crippen molar-refractivity contribution in [2.45, 2.75) is 17.3 Å². The summed E-state index contributed by atoms with van der Waals surface area (Å²) in [6.07, 6.45) is 0. The van der Waals surface area contributed by atoms with Crippen LogP contribution >= 0.6 is 0 Å². The molecule has 52 heavy (non-hydrogen) atoms. The van der Waals surface area contributed by atoms with Gasteiger partial charge >= 0.3 is 311 Å². The fourth-order valence-electron chi connectivity index (χ4n) is 8.05. The second-order valence-electron chi connectivity index (χ2n) is 14.9. The molecular formula is C51H40Ge. The minimum absolute atomic E-state index is 1.22. The molecule has 0 aromatic heterocycles. The van der Waals surface area contributed by atoms with Gasteiger partial charge in [0.1, 0.15) is 0 Å². The third kappa shape index (κ3) is 5.65. The standard InChI is InChI=1S/C51H40Ge/c1-52(2,3)40-30-31-45-48(34-40)49(47-33-39-25-14-13-24-38(39)32-46(47)37-22-11-6-12-23-37)43-26-15-16-27-44(43)51(45)50-41(35-18-7-4-8-19-35)28-17-29-42(50)36-20-9-5-10-21-36/h4-34H,1-3H3. The zero-order valence-electron chi connectivity index (χ0n) is 29.9. The molecule has 0 aliphatic rings. The summed E-state index contributed by atoms with van der Waals surface area (Å²) in [6, 6.07) is 69.8. The second kappa shape index (κ2) is 13.1. The third-order valence-electron chi connectivity index (χ3n) is 10.6. The number of benzene rings is 9. The van der Waals surface area contributed by atoms with E-state index in [1.54, 1.807) is 0 Å². The number of hydrogen-bond acceptors (Lipinski definition) is 0. The first-order chi connectivity index (χ1) is 25.5. The molecule has 0 nitrogen and oxygen atoms in total. The molecule has 9 aromatic carbocycles. The second-order valence-corrected chi connectivity index (χ2v) is 25.5. The van der Waals surface area contributed by atoms with Crippen LogP contribution < -0.4 is 4.40 Å². The molecule has 9 rings (SSSR count). The van der Waals surface area contributed by atoms with Crippen molar-refractivity contribution in [1.29, 1.82) is 0 Å². The summed E-state index contributed by atoms with van der Waals surface area (Å²) in [6.45, 7) is 0. The molecule has 0 aliphatic heterocycles. The van der Waals surface area contributed by atoms with Crippen molar-refractivity contribution in [3.63, 3.8) is 0 Å². The molecule has 0 bridgehead atoms. The minimum atomic E-state index is -2.27. The summed E-state index contributed by atoms with van der Waals surface area (Å²) in [5, 5.41) is 7.66. The topological polar surface area (TPSA) is 0 Å². The Morgan fingerprint density at radius 3 is 1.27 bits per heavy atom. The van der Waals surface area contributed by atoms with Crippen molar-refractivity contribution >= 4 is 50.0 Å². The maximum atomic E-state index is 2.57. The molecule has 0 unspecified atom stereocenters. The third-order valence-corrected chi connectivity index (χ3v) is 14.9. The summed E-state index contributed by atoms with van der Waals surface area (Å²) in [5.41, 5.74) is 12.6. The van der Waals surface area contributed by atoms with Gasteiger partial charge in [-0.2, -0.15) is 0 Å². The SMILES string of the molecule is [CH3][Ge]([CH3])([CH3])[c]1ccc2c(-c3c(-c4ccccc4)cccc3-c3ccccc3)c3ccccc3c(-c3cc4ccccc4cc3-c3ccccc3)c2c1. The summed E-state index contributed by atoms with van der Waals surface area (Å²) in [7, 11) is 0. The van der Waals surface area contributed by atoms with E-state index in [0.717, 1.165) is 0 Å². The molecule has 0 aliphatic carbocycles. The molecule has 0 saturated heterocycles. The summed E-state index contributed by atoms with van der Waals surface area (Å²) < 4.78 is 1.51. The van der Waals surface area contributed by atoms with Crippen molar-refractivity contribution in [2.75, 3.05) is 0 Å². The molecule has 0 amide bonds. The molecule has 0 radical (unpaired) electrons. The molecule has 0 spiro atoms. The van der Waals surface area contributed by atoms with E-state index in [1.165, 1.54) is 92.3 Å². The van der Waals surface area contributed by atoms with Crippen LogP contribution in [0.4, 0.5) is 0 Å². The Hall–Kier alpha value is -5.70. The van der Waals surface area contributed by atoms with E-state index in [-0.39, 0.29) is 0 Å². The zero-order valence-corrected chi connectivity index (χ0v) is 32.0. The fourth-order valence-corrected chi connectivity index (χ4v) is 10.5. The first-order valence-electron chi connectivity index (χ1n) is 18.3. The first-order valence-corrected chi connectivity index (χ1v) is 25.6. The van der Waals surface area contributed by atoms with E-state index < -0.39 is 13.3 Å². The molecule has 0 saturated carbocycles. The molecule has 248 valence electrons. The quantitative estimate of drug-likeness (QED) is 0.118. The summed E-state index contributed by atoms with van der Waals surface area (Å²) in [4.78, 5) is 0. The van der Waals surface area contributed by atoms with Gasteiger partial charge in [0.25, 0.3) is 0 Å². The molecule has 0 heterocycles. The predicted octanol–water partition coefficient (Wildman–Crippen LogP) is 14.0. The van der Waals surface area contributed by atoms with E-state index in [2.05, 4.69) is 205 Å². The van der Waals surface area contributed by atoms with Gasteiger partial charge in [-0.25, -0.2) is 0 Å². The Balaban J connectivity index is 1.49. The number of rotatable bonds is 6. The monoisotopic (exact) mass is 726 g/mol. The van der Waals surface area contributed by atoms with Gasteiger partial charge in [0.05, 0.1) is 0 Å². The van der Waals surface area contributed by atoms with Crippen LogP contribution in [0.5, 0.6) is 0 Å². The van der Waals surface area contributed by atoms with Crippen molar-refractivity contribution in [1.82, 2.24) is 0 Å². The van der Waals surface area contributed by atoms with E-state index in [1.807, 2.05) is 0 Å². The van der Waals surface area contributed by atoms with Crippen LogP contribution in [0.25, 0.3) is 88.0 Å². The Labute approximate surface area is 309 Å². The van der Waals surface area contributed by atoms with E-state index in [4.69, 9.17) is 0 Å². The summed E-state index contributed by atoms with van der Waals surface area (Å²) in [5.74, 6) is 7.52. The van der Waals surface area contributed by atoms with Crippen LogP contribution in [0, 0.1) is 0 Å². The Bertz CT molecular complexity index is 2680. The van der Waals surface area contributed by atoms with Crippen molar-refractivity contribution in [3.05, 3.63) is 188 Å². The van der Waals surface area contributed by atoms with Gasteiger partial charge in [0, 0.05) is 0 Å². The first kappa shape index (κ1) is 32.2. The molecule has 1 heteroatoms. The van der Waals surface area contributed by atoms with Gasteiger partial charge in [-0.1, -0.05) is 0 Å². The number of fused-ring (bicyclic) bond motifs is 3. The van der Waals surface area contributed by atoms with E-state index in [0.29, 0.717) is 0 Å². The predicted molar refractivity (Wildman–Crippen MR) is 229 cm³/mol. The van der Waals surface area contributed by atoms with Crippen molar-refractivity contribution in [2.24, 2.45) is 0 Å². The van der Waals surface area contributed by atoms with Gasteiger partial charge < -0.3 is 0 Å². The van der Waals surface area contributed by atoms with Gasteiger partial charge in [0.15, 0.2) is 0 Å². The fraction of sp³-hybridized carbons (Fsp3) is 0.0588. The van der Waals surface area contributed by atoms with Crippen LogP contribution in [0.1, 0.15) is 0 Å². The molecule has 0 fully saturated rings. The van der Waals surface area contributed by atoms with Gasteiger partial charge in [-0.05, 0) is 0 Å². The zero-order chi connectivity index (χ0) is 35.2. The van der Waals surface area contributed by atoms with E-state index >= 15 is 0 Å². The molecule has 9 aromatic rings. The van der Waals surface area contributed by atoms with Crippen molar-refractivity contribution < 1.29 is 0 Å². The Morgan fingerprint density at radius 2 is 0.731 bits per heavy atom. The average molecular weight is 725 g/mol. The van der Waals surface area contributed by atoms with E-state index in [9.17, 15) is 0 Å². The van der Waals surface area contributed by atoms with Gasteiger partial charge in [0.2, 0.25) is 0 Å². The van der Waals surface area contributed by atoms with Crippen LogP contribution in [-0.2, 0) is 0 Å². The molecule has 0 N–H and O–H groups in total. The molecule has 0 atom stereocenters. The average Bonchev–Trinajstić information content (AvgIpc) is 3.19.